The largest absolute Gasteiger partial charge is 0.324 e. The van der Waals surface area contributed by atoms with Gasteiger partial charge >= 0.3 is 0 Å². The summed E-state index contributed by atoms with van der Waals surface area (Å²) in [5.74, 6) is 0. The SMILES string of the molecule is C=Cc1ccccc1.CCCC[N+](CCCC)(CCCC)CCCC. The number of nitrogens with zero attached hydrogens (tertiary/aromatic N) is 1. The van der Waals surface area contributed by atoms with Crippen molar-refractivity contribution >= 4 is 6.08 Å². The fourth-order valence-electron chi connectivity index (χ4n) is 3.23. The Morgan fingerprint density at radius 1 is 0.680 bits per heavy atom. The minimum atomic E-state index is 1.17. The van der Waals surface area contributed by atoms with Crippen LogP contribution in [-0.4, -0.2) is 30.7 Å². The van der Waals surface area contributed by atoms with Crippen LogP contribution < -0.4 is 0 Å². The summed E-state index contributed by atoms with van der Waals surface area (Å²) < 4.78 is 1.42. The average molecular weight is 347 g/mol. The molecule has 0 radical (unpaired) electrons. The van der Waals surface area contributed by atoms with Crippen LogP contribution in [0.4, 0.5) is 0 Å². The standard InChI is InChI=1S/C16H36N.C8H8/c1-5-9-13-17(14-10-6-2,15-11-7-3)16-12-8-4;1-2-8-6-4-3-5-7-8/h5-16H2,1-4H3;2-7H,1H2/q+1;. The van der Waals surface area contributed by atoms with Crippen LogP contribution in [0.25, 0.3) is 6.08 Å². The van der Waals surface area contributed by atoms with Crippen molar-refractivity contribution < 1.29 is 4.48 Å². The number of benzene rings is 1. The minimum absolute atomic E-state index is 1.17. The van der Waals surface area contributed by atoms with E-state index in [1.54, 1.807) is 0 Å². The molecular weight excluding hydrogens is 302 g/mol. The van der Waals surface area contributed by atoms with E-state index >= 15 is 0 Å². The van der Waals surface area contributed by atoms with Crippen molar-refractivity contribution in [1.29, 1.82) is 0 Å². The van der Waals surface area contributed by atoms with Gasteiger partial charge in [0.2, 0.25) is 0 Å². The Morgan fingerprint density at radius 2 is 1.04 bits per heavy atom. The number of rotatable bonds is 13. The molecule has 0 bridgehead atoms. The molecule has 1 nitrogen and oxygen atoms in total. The van der Waals surface area contributed by atoms with E-state index in [4.69, 9.17) is 0 Å². The highest BCUT2D eigenvalue weighted by molar-refractivity contribution is 5.45. The van der Waals surface area contributed by atoms with Crippen molar-refractivity contribution in [3.05, 3.63) is 42.5 Å². The van der Waals surface area contributed by atoms with Crippen molar-refractivity contribution in [2.75, 3.05) is 26.2 Å². The molecule has 0 unspecified atom stereocenters. The van der Waals surface area contributed by atoms with Crippen molar-refractivity contribution in [1.82, 2.24) is 0 Å². The Morgan fingerprint density at radius 3 is 1.28 bits per heavy atom. The number of unbranched alkanes of at least 4 members (excludes halogenated alkanes) is 4. The number of hydrogen-bond acceptors (Lipinski definition) is 0. The summed E-state index contributed by atoms with van der Waals surface area (Å²) in [5, 5.41) is 0. The zero-order chi connectivity index (χ0) is 18.8. The molecule has 1 aromatic rings. The normalized spacial score (nSPS) is 10.9. The molecule has 0 saturated carbocycles. The lowest BCUT2D eigenvalue weighted by molar-refractivity contribution is -0.929. The van der Waals surface area contributed by atoms with Crippen LogP contribution >= 0.6 is 0 Å². The fourth-order valence-corrected chi connectivity index (χ4v) is 3.23. The van der Waals surface area contributed by atoms with Gasteiger partial charge in [-0.15, -0.1) is 0 Å². The van der Waals surface area contributed by atoms with E-state index in [0.717, 1.165) is 0 Å². The summed E-state index contributed by atoms with van der Waals surface area (Å²) >= 11 is 0. The van der Waals surface area contributed by atoms with Gasteiger partial charge in [-0.3, -0.25) is 0 Å². The van der Waals surface area contributed by atoms with Gasteiger partial charge in [0.15, 0.2) is 0 Å². The summed E-state index contributed by atoms with van der Waals surface area (Å²) in [5.41, 5.74) is 1.17. The zero-order valence-corrected chi connectivity index (χ0v) is 17.6. The molecule has 0 aliphatic heterocycles. The molecule has 0 aliphatic rings. The number of hydrogen-bond donors (Lipinski definition) is 0. The first-order valence-electron chi connectivity index (χ1n) is 10.7. The Labute approximate surface area is 158 Å². The molecule has 0 aliphatic carbocycles. The predicted octanol–water partition coefficient (Wildman–Crippen LogP) is 7.33. The lowest BCUT2D eigenvalue weighted by Crippen LogP contribution is -2.50. The molecule has 0 amide bonds. The first-order valence-corrected chi connectivity index (χ1v) is 10.7. The van der Waals surface area contributed by atoms with Crippen molar-refractivity contribution in [2.45, 2.75) is 79.1 Å². The monoisotopic (exact) mass is 346 g/mol. The maximum atomic E-state index is 3.63. The first kappa shape index (κ1) is 23.9. The molecule has 1 heteroatoms. The van der Waals surface area contributed by atoms with Crippen LogP contribution in [0.1, 0.15) is 84.6 Å². The van der Waals surface area contributed by atoms with Crippen LogP contribution in [0.5, 0.6) is 0 Å². The van der Waals surface area contributed by atoms with Gasteiger partial charge in [0.1, 0.15) is 0 Å². The van der Waals surface area contributed by atoms with Crippen LogP contribution in [0.2, 0.25) is 0 Å². The highest BCUT2D eigenvalue weighted by Crippen LogP contribution is 2.16. The predicted molar refractivity (Wildman–Crippen MR) is 116 cm³/mol. The minimum Gasteiger partial charge on any atom is -0.324 e. The fraction of sp³-hybridized carbons (Fsp3) is 0.667. The van der Waals surface area contributed by atoms with E-state index < -0.39 is 0 Å². The van der Waals surface area contributed by atoms with E-state index in [2.05, 4.69) is 34.3 Å². The Hall–Kier alpha value is -1.08. The summed E-state index contributed by atoms with van der Waals surface area (Å²) in [6.07, 6.45) is 12.9. The second-order valence-corrected chi connectivity index (χ2v) is 7.27. The third kappa shape index (κ3) is 12.0. The van der Waals surface area contributed by atoms with Gasteiger partial charge in [-0.25, -0.2) is 0 Å². The van der Waals surface area contributed by atoms with E-state index in [9.17, 15) is 0 Å². The summed E-state index contributed by atoms with van der Waals surface area (Å²) in [4.78, 5) is 0. The van der Waals surface area contributed by atoms with Gasteiger partial charge < -0.3 is 4.48 Å². The average Bonchev–Trinajstić information content (AvgIpc) is 2.68. The Balaban J connectivity index is 0.000000593. The molecular formula is C24H44N+. The second-order valence-electron chi connectivity index (χ2n) is 7.27. The van der Waals surface area contributed by atoms with Gasteiger partial charge in [0.25, 0.3) is 0 Å². The smallest absolute Gasteiger partial charge is 0.0786 e. The third-order valence-corrected chi connectivity index (χ3v) is 4.98. The second kappa shape index (κ2) is 16.4. The van der Waals surface area contributed by atoms with Crippen molar-refractivity contribution in [3.8, 4) is 0 Å². The van der Waals surface area contributed by atoms with E-state index in [-0.39, 0.29) is 0 Å². The van der Waals surface area contributed by atoms with Crippen LogP contribution in [0.15, 0.2) is 36.9 Å². The van der Waals surface area contributed by atoms with Gasteiger partial charge in [-0.2, -0.15) is 0 Å². The molecule has 0 heterocycles. The zero-order valence-electron chi connectivity index (χ0n) is 17.6. The molecule has 0 saturated heterocycles. The Bertz CT molecular complexity index is 358. The molecule has 0 atom stereocenters. The van der Waals surface area contributed by atoms with Gasteiger partial charge in [-0.05, 0) is 31.2 Å². The lowest BCUT2D eigenvalue weighted by atomic mass is 10.1. The molecule has 0 N–H and O–H groups in total. The van der Waals surface area contributed by atoms with Crippen molar-refractivity contribution in [2.24, 2.45) is 0 Å². The van der Waals surface area contributed by atoms with Crippen LogP contribution in [0.3, 0.4) is 0 Å². The maximum absolute atomic E-state index is 3.63. The molecule has 144 valence electrons. The van der Waals surface area contributed by atoms with Gasteiger partial charge in [0.05, 0.1) is 26.2 Å². The topological polar surface area (TPSA) is 0 Å². The van der Waals surface area contributed by atoms with E-state index in [1.807, 2.05) is 36.4 Å². The summed E-state index contributed by atoms with van der Waals surface area (Å²) in [7, 11) is 0. The first-order chi connectivity index (χ1) is 12.2. The van der Waals surface area contributed by atoms with Crippen LogP contribution in [-0.2, 0) is 0 Å². The van der Waals surface area contributed by atoms with Crippen molar-refractivity contribution in [3.63, 3.8) is 0 Å². The highest BCUT2D eigenvalue weighted by Gasteiger charge is 2.24. The number of quaternary nitrogens is 1. The molecule has 25 heavy (non-hydrogen) atoms. The third-order valence-electron chi connectivity index (χ3n) is 4.98. The maximum Gasteiger partial charge on any atom is 0.0786 e. The molecule has 1 aromatic carbocycles. The highest BCUT2D eigenvalue weighted by atomic mass is 15.3. The Kier molecular flexibility index (Phi) is 15.7. The molecule has 0 aromatic heterocycles. The van der Waals surface area contributed by atoms with Crippen LogP contribution in [0, 0.1) is 0 Å². The molecule has 1 rings (SSSR count). The quantitative estimate of drug-likeness (QED) is 0.328. The molecule has 0 fully saturated rings. The summed E-state index contributed by atoms with van der Waals surface area (Å²) in [6, 6.07) is 10.0. The molecule has 0 spiro atoms. The summed E-state index contributed by atoms with van der Waals surface area (Å²) in [6.45, 7) is 18.6. The van der Waals surface area contributed by atoms with Gasteiger partial charge in [-0.1, -0.05) is 96.4 Å². The van der Waals surface area contributed by atoms with E-state index in [0.29, 0.717) is 0 Å². The lowest BCUT2D eigenvalue weighted by Gasteiger charge is -2.39. The van der Waals surface area contributed by atoms with Gasteiger partial charge in [0, 0.05) is 0 Å². The van der Waals surface area contributed by atoms with E-state index in [1.165, 1.54) is 87.6 Å².